The zero-order valence-corrected chi connectivity index (χ0v) is 11.8. The van der Waals surface area contributed by atoms with Crippen LogP contribution in [0.3, 0.4) is 0 Å². The van der Waals surface area contributed by atoms with Gasteiger partial charge < -0.3 is 14.0 Å². The lowest BCUT2D eigenvalue weighted by Gasteiger charge is -2.17. The molecule has 0 saturated heterocycles. The van der Waals surface area contributed by atoms with E-state index in [-0.39, 0.29) is 5.82 Å². The first-order valence-electron chi connectivity index (χ1n) is 6.75. The van der Waals surface area contributed by atoms with Crippen LogP contribution in [-0.2, 0) is 6.42 Å². The summed E-state index contributed by atoms with van der Waals surface area (Å²) in [7, 11) is 1.51. The molecule has 0 fully saturated rings. The minimum absolute atomic E-state index is 0.308. The molecule has 0 unspecified atom stereocenters. The van der Waals surface area contributed by atoms with E-state index in [1.165, 1.54) is 13.2 Å². The third-order valence-electron chi connectivity index (χ3n) is 3.61. The quantitative estimate of drug-likeness (QED) is 0.798. The molecule has 4 heteroatoms. The van der Waals surface area contributed by atoms with Crippen LogP contribution in [0.5, 0.6) is 5.75 Å². The van der Waals surface area contributed by atoms with Gasteiger partial charge in [0.2, 0.25) is 0 Å². The molecule has 0 atom stereocenters. The Hall–Kier alpha value is -1.55. The Morgan fingerprint density at radius 1 is 1.21 bits per heavy atom. The number of hydrogen-bond donors (Lipinski definition) is 0. The van der Waals surface area contributed by atoms with Gasteiger partial charge in [0.1, 0.15) is 0 Å². The summed E-state index contributed by atoms with van der Waals surface area (Å²) in [5, 5.41) is 0. The van der Waals surface area contributed by atoms with Crippen molar-refractivity contribution in [3.63, 3.8) is 0 Å². The second-order valence-corrected chi connectivity index (χ2v) is 4.57. The van der Waals surface area contributed by atoms with Gasteiger partial charge in [-0.3, -0.25) is 0 Å². The predicted molar refractivity (Wildman–Crippen MR) is 75.4 cm³/mol. The van der Waals surface area contributed by atoms with Crippen molar-refractivity contribution >= 4 is 5.52 Å². The smallest absolute Gasteiger partial charge is 0.178 e. The van der Waals surface area contributed by atoms with Gasteiger partial charge in [-0.25, -0.2) is 4.39 Å². The number of halogens is 1. The van der Waals surface area contributed by atoms with Crippen molar-refractivity contribution in [3.05, 3.63) is 35.9 Å². The van der Waals surface area contributed by atoms with E-state index in [0.29, 0.717) is 5.75 Å². The molecule has 0 spiro atoms. The molecule has 2 aromatic heterocycles. The minimum Gasteiger partial charge on any atom is -0.492 e. The molecule has 19 heavy (non-hydrogen) atoms. The average Bonchev–Trinajstić information content (AvgIpc) is 2.83. The zero-order chi connectivity index (χ0) is 13.8. The first kappa shape index (κ1) is 13.9. The highest BCUT2D eigenvalue weighted by atomic mass is 19.1. The highest BCUT2D eigenvalue weighted by Gasteiger charge is 2.13. The van der Waals surface area contributed by atoms with Gasteiger partial charge in [0.05, 0.1) is 12.6 Å². The van der Waals surface area contributed by atoms with Gasteiger partial charge in [-0.2, -0.15) is 0 Å². The fourth-order valence-corrected chi connectivity index (χ4v) is 2.43. The molecular formula is C15H21FN2O. The number of likely N-dealkylation sites (N-methyl/N-ethyl adjacent to an activating group) is 1. The van der Waals surface area contributed by atoms with Crippen LogP contribution in [-0.4, -0.2) is 36.0 Å². The Morgan fingerprint density at radius 2 is 1.89 bits per heavy atom. The standard InChI is InChI=1S/C15H21FN2O/c1-4-17(5-2)9-6-12-7-10-18-11-8-13(16)15(19-3)14(12)18/h7-8,10-11H,4-6,9H2,1-3H3. The average molecular weight is 264 g/mol. The Labute approximate surface area is 113 Å². The lowest BCUT2D eigenvalue weighted by molar-refractivity contribution is 0.308. The van der Waals surface area contributed by atoms with Crippen molar-refractivity contribution in [2.45, 2.75) is 20.3 Å². The van der Waals surface area contributed by atoms with E-state index in [1.54, 1.807) is 6.20 Å². The molecule has 0 aromatic carbocycles. The van der Waals surface area contributed by atoms with Crippen LogP contribution in [0.1, 0.15) is 19.4 Å². The van der Waals surface area contributed by atoms with Gasteiger partial charge >= 0.3 is 0 Å². The third kappa shape index (κ3) is 2.73. The number of rotatable bonds is 6. The van der Waals surface area contributed by atoms with E-state index < -0.39 is 0 Å². The summed E-state index contributed by atoms with van der Waals surface area (Å²) in [6.45, 7) is 7.36. The summed E-state index contributed by atoms with van der Waals surface area (Å²) in [6, 6.07) is 3.47. The second kappa shape index (κ2) is 6.06. The zero-order valence-electron chi connectivity index (χ0n) is 11.8. The summed E-state index contributed by atoms with van der Waals surface area (Å²) >= 11 is 0. The summed E-state index contributed by atoms with van der Waals surface area (Å²) in [5.41, 5.74) is 1.97. The van der Waals surface area contributed by atoms with Crippen molar-refractivity contribution in [2.75, 3.05) is 26.7 Å². The largest absolute Gasteiger partial charge is 0.492 e. The van der Waals surface area contributed by atoms with E-state index in [4.69, 9.17) is 4.74 Å². The van der Waals surface area contributed by atoms with E-state index in [2.05, 4.69) is 18.7 Å². The predicted octanol–water partition coefficient (Wildman–Crippen LogP) is 2.97. The Morgan fingerprint density at radius 3 is 2.53 bits per heavy atom. The number of ether oxygens (including phenoxy) is 1. The Balaban J connectivity index is 2.31. The number of aromatic nitrogens is 1. The highest BCUT2D eigenvalue weighted by molar-refractivity contribution is 5.66. The lowest BCUT2D eigenvalue weighted by atomic mass is 10.1. The van der Waals surface area contributed by atoms with Gasteiger partial charge in [0.25, 0.3) is 0 Å². The molecule has 0 aliphatic heterocycles. The molecule has 0 aliphatic rings. The van der Waals surface area contributed by atoms with E-state index in [0.717, 1.165) is 37.1 Å². The highest BCUT2D eigenvalue weighted by Crippen LogP contribution is 2.27. The van der Waals surface area contributed by atoms with Crippen molar-refractivity contribution in [1.29, 1.82) is 0 Å². The summed E-state index contributed by atoms with van der Waals surface area (Å²) in [6.07, 6.45) is 4.58. The summed E-state index contributed by atoms with van der Waals surface area (Å²) in [5.74, 6) is 0.0276. The maximum absolute atomic E-state index is 13.8. The van der Waals surface area contributed by atoms with Gasteiger partial charge in [-0.05, 0) is 37.2 Å². The summed E-state index contributed by atoms with van der Waals surface area (Å²) in [4.78, 5) is 2.36. The Kier molecular flexibility index (Phi) is 4.43. The van der Waals surface area contributed by atoms with Gasteiger partial charge in [0, 0.05) is 18.9 Å². The van der Waals surface area contributed by atoms with E-state index >= 15 is 0 Å². The SMILES string of the molecule is CCN(CC)CCc1ccn2ccc(F)c(OC)c12. The van der Waals surface area contributed by atoms with Crippen molar-refractivity contribution < 1.29 is 9.13 Å². The van der Waals surface area contributed by atoms with Gasteiger partial charge in [0.15, 0.2) is 11.6 Å². The molecule has 3 nitrogen and oxygen atoms in total. The van der Waals surface area contributed by atoms with Crippen LogP contribution in [0.15, 0.2) is 24.5 Å². The first-order chi connectivity index (χ1) is 9.21. The van der Waals surface area contributed by atoms with Crippen molar-refractivity contribution in [3.8, 4) is 5.75 Å². The van der Waals surface area contributed by atoms with Crippen LogP contribution in [0, 0.1) is 5.82 Å². The molecule has 104 valence electrons. The number of fused-ring (bicyclic) bond motifs is 1. The molecule has 0 aliphatic carbocycles. The van der Waals surface area contributed by atoms with Crippen LogP contribution in [0.25, 0.3) is 5.52 Å². The van der Waals surface area contributed by atoms with Crippen molar-refractivity contribution in [1.82, 2.24) is 9.30 Å². The summed E-state index contributed by atoms with van der Waals surface area (Å²) < 4.78 is 20.9. The van der Waals surface area contributed by atoms with Crippen LogP contribution < -0.4 is 4.74 Å². The second-order valence-electron chi connectivity index (χ2n) is 4.57. The molecule has 2 heterocycles. The first-order valence-corrected chi connectivity index (χ1v) is 6.75. The van der Waals surface area contributed by atoms with Gasteiger partial charge in [-0.15, -0.1) is 0 Å². The van der Waals surface area contributed by atoms with Crippen molar-refractivity contribution in [2.24, 2.45) is 0 Å². The third-order valence-corrected chi connectivity index (χ3v) is 3.61. The monoisotopic (exact) mass is 264 g/mol. The molecule has 0 amide bonds. The maximum atomic E-state index is 13.8. The Bertz CT molecular complexity index is 546. The number of nitrogens with zero attached hydrogens (tertiary/aromatic N) is 2. The van der Waals surface area contributed by atoms with Gasteiger partial charge in [-0.1, -0.05) is 13.8 Å². The van der Waals surface area contributed by atoms with E-state index in [9.17, 15) is 4.39 Å². The fourth-order valence-electron chi connectivity index (χ4n) is 2.43. The normalized spacial score (nSPS) is 11.4. The molecule has 2 rings (SSSR count). The fraction of sp³-hybridized carbons (Fsp3) is 0.467. The molecule has 0 saturated carbocycles. The maximum Gasteiger partial charge on any atom is 0.178 e. The molecule has 0 bridgehead atoms. The molecule has 0 radical (unpaired) electrons. The number of pyridine rings is 1. The van der Waals surface area contributed by atoms with Crippen LogP contribution >= 0.6 is 0 Å². The van der Waals surface area contributed by atoms with Crippen LogP contribution in [0.2, 0.25) is 0 Å². The number of hydrogen-bond acceptors (Lipinski definition) is 2. The van der Waals surface area contributed by atoms with E-state index in [1.807, 2.05) is 16.7 Å². The molecule has 2 aromatic rings. The topological polar surface area (TPSA) is 16.9 Å². The lowest BCUT2D eigenvalue weighted by Crippen LogP contribution is -2.25. The molecule has 0 N–H and O–H groups in total. The number of methoxy groups -OCH3 is 1. The minimum atomic E-state index is -0.308. The molecular weight excluding hydrogens is 243 g/mol. The van der Waals surface area contributed by atoms with Crippen LogP contribution in [0.4, 0.5) is 4.39 Å².